The molecule has 98 valence electrons. The van der Waals surface area contributed by atoms with Crippen LogP contribution in [0.3, 0.4) is 0 Å². The molecule has 2 rings (SSSR count). The van der Waals surface area contributed by atoms with Crippen LogP contribution in [0.4, 0.5) is 18.9 Å². The molecule has 2 nitrogen and oxygen atoms in total. The Labute approximate surface area is 112 Å². The Morgan fingerprint density at radius 1 is 1.26 bits per heavy atom. The summed E-state index contributed by atoms with van der Waals surface area (Å²) in [6.07, 6.45) is -4.50. The second-order valence-electron chi connectivity index (χ2n) is 3.80. The molecule has 0 saturated carbocycles. The van der Waals surface area contributed by atoms with Gasteiger partial charge in [-0.15, -0.1) is 11.3 Å². The molecule has 0 aliphatic carbocycles. The maximum Gasteiger partial charge on any atom is 0.417 e. The highest BCUT2D eigenvalue weighted by Gasteiger charge is 2.33. The van der Waals surface area contributed by atoms with Crippen molar-refractivity contribution in [3.05, 3.63) is 51.7 Å². The Hall–Kier alpha value is -2.00. The van der Waals surface area contributed by atoms with Gasteiger partial charge in [0, 0.05) is 17.1 Å². The number of nitrogens with zero attached hydrogens (tertiary/aromatic N) is 1. The highest BCUT2D eigenvalue weighted by Crippen LogP contribution is 2.33. The van der Waals surface area contributed by atoms with Crippen molar-refractivity contribution < 1.29 is 13.2 Å². The number of nitriles is 1. The van der Waals surface area contributed by atoms with Crippen LogP contribution >= 0.6 is 11.3 Å². The number of alkyl halides is 3. The van der Waals surface area contributed by atoms with Crippen LogP contribution in [0.1, 0.15) is 16.0 Å². The van der Waals surface area contributed by atoms with Gasteiger partial charge in [0.2, 0.25) is 0 Å². The van der Waals surface area contributed by atoms with Gasteiger partial charge in [-0.3, -0.25) is 0 Å². The first-order valence-electron chi connectivity index (χ1n) is 5.38. The van der Waals surface area contributed by atoms with Crippen LogP contribution < -0.4 is 5.32 Å². The minimum Gasteiger partial charge on any atom is -0.380 e. The molecule has 0 aliphatic heterocycles. The van der Waals surface area contributed by atoms with Crippen molar-refractivity contribution in [3.63, 3.8) is 0 Å². The van der Waals surface area contributed by atoms with Crippen LogP contribution in [-0.2, 0) is 12.7 Å². The van der Waals surface area contributed by atoms with Crippen molar-refractivity contribution in [1.29, 1.82) is 5.26 Å². The number of rotatable bonds is 3. The Balaban J connectivity index is 2.18. The van der Waals surface area contributed by atoms with Crippen molar-refractivity contribution in [1.82, 2.24) is 0 Å². The van der Waals surface area contributed by atoms with Crippen molar-refractivity contribution in [3.8, 4) is 6.07 Å². The number of benzene rings is 1. The lowest BCUT2D eigenvalue weighted by Gasteiger charge is -2.11. The van der Waals surface area contributed by atoms with E-state index in [0.717, 1.165) is 10.9 Å². The molecule has 1 heterocycles. The Kier molecular flexibility index (Phi) is 3.76. The average molecular weight is 282 g/mol. The number of anilines is 1. The van der Waals surface area contributed by atoms with E-state index < -0.39 is 11.7 Å². The SMILES string of the molecule is N#Cc1cc(NCc2cccs2)ccc1C(F)(F)F. The Morgan fingerprint density at radius 2 is 2.05 bits per heavy atom. The summed E-state index contributed by atoms with van der Waals surface area (Å²) in [5.74, 6) is 0. The molecule has 0 amide bonds. The minimum atomic E-state index is -4.50. The molecule has 1 aromatic carbocycles. The van der Waals surface area contributed by atoms with E-state index in [0.29, 0.717) is 12.2 Å². The van der Waals surface area contributed by atoms with Gasteiger partial charge in [0.1, 0.15) is 0 Å². The summed E-state index contributed by atoms with van der Waals surface area (Å²) in [5.41, 5.74) is -0.779. The standard InChI is InChI=1S/C13H9F3N2S/c14-13(15,16)12-4-3-10(6-9(12)7-17)18-8-11-2-1-5-19-11/h1-6,18H,8H2. The third-order valence-corrected chi connectivity index (χ3v) is 3.37. The fraction of sp³-hybridized carbons (Fsp3) is 0.154. The average Bonchev–Trinajstić information content (AvgIpc) is 2.88. The molecular formula is C13H9F3N2S. The fourth-order valence-electron chi connectivity index (χ4n) is 1.60. The molecule has 0 spiro atoms. The van der Waals surface area contributed by atoms with Gasteiger partial charge in [-0.1, -0.05) is 6.07 Å². The molecule has 0 radical (unpaired) electrons. The Bertz CT molecular complexity index is 597. The summed E-state index contributed by atoms with van der Waals surface area (Å²) in [4.78, 5) is 1.07. The highest BCUT2D eigenvalue weighted by atomic mass is 32.1. The number of thiophene rings is 1. The number of hydrogen-bond donors (Lipinski definition) is 1. The third-order valence-electron chi connectivity index (χ3n) is 2.49. The van der Waals surface area contributed by atoms with Crippen molar-refractivity contribution >= 4 is 17.0 Å². The van der Waals surface area contributed by atoms with Crippen molar-refractivity contribution in [2.24, 2.45) is 0 Å². The summed E-state index contributed by atoms with van der Waals surface area (Å²) < 4.78 is 37.8. The van der Waals surface area contributed by atoms with Gasteiger partial charge >= 0.3 is 6.18 Å². The zero-order valence-corrected chi connectivity index (χ0v) is 10.5. The zero-order chi connectivity index (χ0) is 13.9. The number of nitrogens with one attached hydrogen (secondary N) is 1. The van der Waals surface area contributed by atoms with Crippen molar-refractivity contribution in [2.75, 3.05) is 5.32 Å². The van der Waals surface area contributed by atoms with Crippen LogP contribution in [0, 0.1) is 11.3 Å². The number of hydrogen-bond acceptors (Lipinski definition) is 3. The maximum absolute atomic E-state index is 12.6. The van der Waals surface area contributed by atoms with E-state index >= 15 is 0 Å². The van der Waals surface area contributed by atoms with Crippen LogP contribution in [-0.4, -0.2) is 0 Å². The predicted octanol–water partition coefficient (Wildman–Crippen LogP) is 4.25. The van der Waals surface area contributed by atoms with E-state index in [9.17, 15) is 13.2 Å². The van der Waals surface area contributed by atoms with Crippen molar-refractivity contribution in [2.45, 2.75) is 12.7 Å². The molecule has 6 heteroatoms. The zero-order valence-electron chi connectivity index (χ0n) is 9.66. The van der Waals surface area contributed by atoms with Crippen LogP contribution in [0.5, 0.6) is 0 Å². The van der Waals surface area contributed by atoms with E-state index in [1.54, 1.807) is 17.4 Å². The van der Waals surface area contributed by atoms with E-state index in [4.69, 9.17) is 5.26 Å². The van der Waals surface area contributed by atoms with Crippen LogP contribution in [0.15, 0.2) is 35.7 Å². The predicted molar refractivity (Wildman–Crippen MR) is 67.8 cm³/mol. The first-order valence-corrected chi connectivity index (χ1v) is 6.26. The lowest BCUT2D eigenvalue weighted by molar-refractivity contribution is -0.137. The van der Waals surface area contributed by atoms with Gasteiger partial charge < -0.3 is 5.32 Å². The van der Waals surface area contributed by atoms with Crippen LogP contribution in [0.2, 0.25) is 0 Å². The second-order valence-corrected chi connectivity index (χ2v) is 4.84. The smallest absolute Gasteiger partial charge is 0.380 e. The second kappa shape index (κ2) is 5.33. The molecule has 0 atom stereocenters. The monoisotopic (exact) mass is 282 g/mol. The van der Waals surface area contributed by atoms with E-state index in [1.807, 2.05) is 17.5 Å². The van der Waals surface area contributed by atoms with E-state index in [2.05, 4.69) is 5.32 Å². The minimum absolute atomic E-state index is 0.372. The quantitative estimate of drug-likeness (QED) is 0.913. The lowest BCUT2D eigenvalue weighted by atomic mass is 10.1. The first-order chi connectivity index (χ1) is 9.00. The van der Waals surface area contributed by atoms with Gasteiger partial charge in [0.25, 0.3) is 0 Å². The lowest BCUT2D eigenvalue weighted by Crippen LogP contribution is -2.08. The molecule has 0 unspecified atom stereocenters. The maximum atomic E-state index is 12.6. The molecule has 0 bridgehead atoms. The summed E-state index contributed by atoms with van der Waals surface area (Å²) in [7, 11) is 0. The van der Waals surface area contributed by atoms with Gasteiger partial charge in [0.05, 0.1) is 17.2 Å². The summed E-state index contributed by atoms with van der Waals surface area (Å²) in [6.45, 7) is 0.522. The normalized spacial score (nSPS) is 11.1. The summed E-state index contributed by atoms with van der Waals surface area (Å²) in [6, 6.07) is 8.88. The molecule has 0 aliphatic rings. The molecule has 1 aromatic heterocycles. The largest absolute Gasteiger partial charge is 0.417 e. The van der Waals surface area contributed by atoms with Gasteiger partial charge in [-0.25, -0.2) is 0 Å². The summed E-state index contributed by atoms with van der Waals surface area (Å²) in [5, 5.41) is 13.7. The molecule has 19 heavy (non-hydrogen) atoms. The molecule has 2 aromatic rings. The summed E-state index contributed by atoms with van der Waals surface area (Å²) >= 11 is 1.55. The molecular weight excluding hydrogens is 273 g/mol. The van der Waals surface area contributed by atoms with E-state index in [-0.39, 0.29) is 5.56 Å². The Morgan fingerprint density at radius 3 is 2.63 bits per heavy atom. The fourth-order valence-corrected chi connectivity index (χ4v) is 2.24. The van der Waals surface area contributed by atoms with E-state index in [1.165, 1.54) is 12.1 Å². The molecule has 0 fully saturated rings. The first kappa shape index (κ1) is 13.4. The van der Waals surface area contributed by atoms with Gasteiger partial charge in [0.15, 0.2) is 0 Å². The molecule has 0 saturated heterocycles. The van der Waals surface area contributed by atoms with Crippen LogP contribution in [0.25, 0.3) is 0 Å². The molecule has 1 N–H and O–H groups in total. The van der Waals surface area contributed by atoms with Gasteiger partial charge in [-0.2, -0.15) is 18.4 Å². The number of halogens is 3. The van der Waals surface area contributed by atoms with Gasteiger partial charge in [-0.05, 0) is 29.6 Å². The third kappa shape index (κ3) is 3.26. The topological polar surface area (TPSA) is 35.8 Å². The highest BCUT2D eigenvalue weighted by molar-refractivity contribution is 7.09.